The summed E-state index contributed by atoms with van der Waals surface area (Å²) in [7, 11) is 0. The summed E-state index contributed by atoms with van der Waals surface area (Å²) in [6.45, 7) is 6.63. The highest BCUT2D eigenvalue weighted by Crippen LogP contribution is 2.06. The Morgan fingerprint density at radius 3 is 2.29 bits per heavy atom. The third kappa shape index (κ3) is 9.37. The zero-order valence-corrected chi connectivity index (χ0v) is 13.0. The third-order valence-electron chi connectivity index (χ3n) is 2.85. The van der Waals surface area contributed by atoms with Gasteiger partial charge < -0.3 is 19.3 Å². The molecule has 1 atom stereocenters. The molecule has 1 unspecified atom stereocenters. The number of benzene rings is 1. The minimum absolute atomic E-state index is 0.0495. The zero-order valence-electron chi connectivity index (χ0n) is 13.0. The number of ether oxygens (including phenoxy) is 3. The van der Waals surface area contributed by atoms with E-state index in [0.717, 1.165) is 0 Å². The minimum Gasteiger partial charge on any atom is -0.394 e. The molecule has 0 aromatic heterocycles. The molecule has 0 aliphatic heterocycles. The van der Waals surface area contributed by atoms with Crippen molar-refractivity contribution < 1.29 is 19.3 Å². The maximum atomic E-state index is 8.52. The van der Waals surface area contributed by atoms with E-state index in [-0.39, 0.29) is 12.7 Å². The van der Waals surface area contributed by atoms with Gasteiger partial charge in [-0.2, -0.15) is 0 Å². The van der Waals surface area contributed by atoms with Crippen LogP contribution in [0.2, 0.25) is 0 Å². The molecule has 0 aliphatic rings. The molecule has 0 fully saturated rings. The van der Waals surface area contributed by atoms with E-state index in [1.54, 1.807) is 0 Å². The summed E-state index contributed by atoms with van der Waals surface area (Å²) in [4.78, 5) is 0. The molecule has 0 saturated heterocycles. The average Bonchev–Trinajstić information content (AvgIpc) is 2.49. The standard InChI is InChI=1S/C17H26O4/c1-15-3-6-17(7-4-15)8-5-16(2)21-14-13-20-12-11-19-10-9-18/h3-8,16,18H,9-14H2,1-2H3/b8-5+. The van der Waals surface area contributed by atoms with E-state index < -0.39 is 0 Å². The summed E-state index contributed by atoms with van der Waals surface area (Å²) in [5, 5.41) is 8.52. The molecule has 0 spiro atoms. The first-order valence-corrected chi connectivity index (χ1v) is 7.35. The van der Waals surface area contributed by atoms with Gasteiger partial charge in [-0.1, -0.05) is 42.0 Å². The van der Waals surface area contributed by atoms with Crippen molar-refractivity contribution in [2.45, 2.75) is 20.0 Å². The molecule has 1 N–H and O–H groups in total. The molecule has 21 heavy (non-hydrogen) atoms. The molecule has 0 heterocycles. The quantitative estimate of drug-likeness (QED) is 0.637. The number of rotatable bonds is 11. The van der Waals surface area contributed by atoms with Gasteiger partial charge in [-0.15, -0.1) is 0 Å². The van der Waals surface area contributed by atoms with Crippen molar-refractivity contribution in [2.75, 3.05) is 39.6 Å². The first kappa shape index (κ1) is 17.9. The lowest BCUT2D eigenvalue weighted by Gasteiger charge is -2.09. The fourth-order valence-corrected chi connectivity index (χ4v) is 1.66. The van der Waals surface area contributed by atoms with Gasteiger partial charge in [0.1, 0.15) is 0 Å². The molecule has 1 rings (SSSR count). The molecule has 0 saturated carbocycles. The first-order chi connectivity index (χ1) is 10.2. The van der Waals surface area contributed by atoms with Crippen LogP contribution in [0.3, 0.4) is 0 Å². The highest BCUT2D eigenvalue weighted by molar-refractivity contribution is 5.50. The SMILES string of the molecule is Cc1ccc(/C=C/C(C)OCCOCCOCCO)cc1. The summed E-state index contributed by atoms with van der Waals surface area (Å²) < 4.78 is 16.1. The Balaban J connectivity index is 2.05. The van der Waals surface area contributed by atoms with Crippen molar-refractivity contribution in [3.8, 4) is 0 Å². The van der Waals surface area contributed by atoms with Gasteiger partial charge in [0.25, 0.3) is 0 Å². The summed E-state index contributed by atoms with van der Waals surface area (Å²) in [6.07, 6.45) is 4.16. The molecular weight excluding hydrogens is 268 g/mol. The van der Waals surface area contributed by atoms with Gasteiger partial charge in [0.05, 0.1) is 45.7 Å². The Kier molecular flexibility index (Phi) is 9.74. The Bertz CT molecular complexity index is 386. The molecule has 1 aromatic rings. The fourth-order valence-electron chi connectivity index (χ4n) is 1.66. The van der Waals surface area contributed by atoms with Crippen molar-refractivity contribution in [3.63, 3.8) is 0 Å². The molecular formula is C17H26O4. The van der Waals surface area contributed by atoms with E-state index in [9.17, 15) is 0 Å². The maximum Gasteiger partial charge on any atom is 0.0732 e. The summed E-state index contributed by atoms with van der Waals surface area (Å²) in [6, 6.07) is 8.37. The van der Waals surface area contributed by atoms with Crippen LogP contribution in [0.4, 0.5) is 0 Å². The van der Waals surface area contributed by atoms with Gasteiger partial charge in [-0.05, 0) is 19.4 Å². The van der Waals surface area contributed by atoms with Gasteiger partial charge in [0.2, 0.25) is 0 Å². The molecule has 0 radical (unpaired) electrons. The van der Waals surface area contributed by atoms with Gasteiger partial charge in [0.15, 0.2) is 0 Å². The highest BCUT2D eigenvalue weighted by atomic mass is 16.5. The van der Waals surface area contributed by atoms with Gasteiger partial charge >= 0.3 is 0 Å². The number of aryl methyl sites for hydroxylation is 1. The van der Waals surface area contributed by atoms with Crippen molar-refractivity contribution in [2.24, 2.45) is 0 Å². The van der Waals surface area contributed by atoms with Gasteiger partial charge in [-0.3, -0.25) is 0 Å². The van der Waals surface area contributed by atoms with Crippen molar-refractivity contribution >= 4 is 6.08 Å². The Labute approximate surface area is 127 Å². The van der Waals surface area contributed by atoms with Crippen molar-refractivity contribution in [1.82, 2.24) is 0 Å². The maximum absolute atomic E-state index is 8.52. The summed E-state index contributed by atoms with van der Waals surface area (Å²) >= 11 is 0. The zero-order chi connectivity index (χ0) is 15.3. The second kappa shape index (κ2) is 11.5. The van der Waals surface area contributed by atoms with Crippen LogP contribution in [0, 0.1) is 6.92 Å². The number of aliphatic hydroxyl groups excluding tert-OH is 1. The molecule has 0 bridgehead atoms. The van der Waals surface area contributed by atoms with Crippen LogP contribution in [-0.4, -0.2) is 50.9 Å². The Morgan fingerprint density at radius 2 is 1.62 bits per heavy atom. The number of hydrogen-bond acceptors (Lipinski definition) is 4. The van der Waals surface area contributed by atoms with E-state index in [4.69, 9.17) is 19.3 Å². The van der Waals surface area contributed by atoms with Crippen LogP contribution in [0.1, 0.15) is 18.1 Å². The lowest BCUT2D eigenvalue weighted by Crippen LogP contribution is -2.13. The largest absolute Gasteiger partial charge is 0.394 e. The van der Waals surface area contributed by atoms with Gasteiger partial charge in [-0.25, -0.2) is 0 Å². The monoisotopic (exact) mass is 294 g/mol. The third-order valence-corrected chi connectivity index (χ3v) is 2.85. The van der Waals surface area contributed by atoms with E-state index in [0.29, 0.717) is 33.0 Å². The molecule has 118 valence electrons. The second-order valence-electron chi connectivity index (χ2n) is 4.79. The van der Waals surface area contributed by atoms with Crippen LogP contribution in [0.25, 0.3) is 6.08 Å². The molecule has 4 nitrogen and oxygen atoms in total. The van der Waals surface area contributed by atoms with Crippen LogP contribution in [-0.2, 0) is 14.2 Å². The highest BCUT2D eigenvalue weighted by Gasteiger charge is 1.97. The summed E-state index contributed by atoms with van der Waals surface area (Å²) in [5.41, 5.74) is 2.44. The number of hydrogen-bond donors (Lipinski definition) is 1. The predicted molar refractivity (Wildman–Crippen MR) is 84.4 cm³/mol. The predicted octanol–water partition coefficient (Wildman–Crippen LogP) is 2.44. The Hall–Kier alpha value is -1.20. The lowest BCUT2D eigenvalue weighted by molar-refractivity contribution is -0.000406. The average molecular weight is 294 g/mol. The second-order valence-corrected chi connectivity index (χ2v) is 4.79. The first-order valence-electron chi connectivity index (χ1n) is 7.35. The smallest absolute Gasteiger partial charge is 0.0732 e. The summed E-state index contributed by atoms with van der Waals surface area (Å²) in [5.74, 6) is 0. The Morgan fingerprint density at radius 1 is 1.00 bits per heavy atom. The minimum atomic E-state index is 0.0495. The van der Waals surface area contributed by atoms with Crippen LogP contribution >= 0.6 is 0 Å². The fraction of sp³-hybridized carbons (Fsp3) is 0.529. The molecule has 0 amide bonds. The lowest BCUT2D eigenvalue weighted by atomic mass is 10.1. The van der Waals surface area contributed by atoms with E-state index in [1.807, 2.05) is 13.0 Å². The van der Waals surface area contributed by atoms with E-state index in [1.165, 1.54) is 11.1 Å². The molecule has 1 aromatic carbocycles. The molecule has 4 heteroatoms. The van der Waals surface area contributed by atoms with Crippen LogP contribution < -0.4 is 0 Å². The van der Waals surface area contributed by atoms with Crippen LogP contribution in [0.5, 0.6) is 0 Å². The topological polar surface area (TPSA) is 47.9 Å². The van der Waals surface area contributed by atoms with E-state index in [2.05, 4.69) is 37.3 Å². The van der Waals surface area contributed by atoms with Gasteiger partial charge in [0, 0.05) is 0 Å². The van der Waals surface area contributed by atoms with Crippen molar-refractivity contribution in [3.05, 3.63) is 41.5 Å². The number of aliphatic hydroxyl groups is 1. The normalized spacial score (nSPS) is 12.9. The van der Waals surface area contributed by atoms with Crippen molar-refractivity contribution in [1.29, 1.82) is 0 Å². The van der Waals surface area contributed by atoms with Crippen LogP contribution in [0.15, 0.2) is 30.3 Å². The molecule has 0 aliphatic carbocycles. The van der Waals surface area contributed by atoms with E-state index >= 15 is 0 Å².